The van der Waals surface area contributed by atoms with E-state index >= 15 is 0 Å². The number of nitrogens with one attached hydrogen (secondary N) is 1. The van der Waals surface area contributed by atoms with E-state index in [1.807, 2.05) is 0 Å². The van der Waals surface area contributed by atoms with Gasteiger partial charge in [0.15, 0.2) is 12.1 Å². The van der Waals surface area contributed by atoms with Crippen molar-refractivity contribution in [1.29, 1.82) is 0 Å². The first-order valence-corrected chi connectivity index (χ1v) is 5.20. The summed E-state index contributed by atoms with van der Waals surface area (Å²) in [6, 6.07) is 0. The minimum Gasteiger partial charge on any atom is -0.465 e. The molecule has 0 aliphatic carbocycles. The predicted molar refractivity (Wildman–Crippen MR) is 62.8 cm³/mol. The fourth-order valence-corrected chi connectivity index (χ4v) is 1.09. The van der Waals surface area contributed by atoms with E-state index in [1.54, 1.807) is 0 Å². The second kappa shape index (κ2) is 9.58. The molecule has 0 fully saturated rings. The molecule has 0 aliphatic rings. The molecule has 0 radical (unpaired) electrons. The van der Waals surface area contributed by atoms with Gasteiger partial charge in [-0.15, -0.1) is 0 Å². The van der Waals surface area contributed by atoms with Crippen LogP contribution in [0.1, 0.15) is 0 Å². The maximum atomic E-state index is 11.6. The van der Waals surface area contributed by atoms with Crippen LogP contribution < -0.4 is 5.32 Å². The SMILES string of the molecule is COCC(=O)C(=CNCC(OC)OC)C(=O)OC. The van der Waals surface area contributed by atoms with Crippen LogP contribution in [-0.2, 0) is 28.5 Å². The quantitative estimate of drug-likeness (QED) is 0.196. The molecule has 1 N–H and O–H groups in total. The van der Waals surface area contributed by atoms with Gasteiger partial charge in [0.2, 0.25) is 0 Å². The molecule has 0 aliphatic heterocycles. The number of ketones is 1. The molecule has 0 saturated carbocycles. The van der Waals surface area contributed by atoms with Crippen molar-refractivity contribution in [2.75, 3.05) is 41.6 Å². The van der Waals surface area contributed by atoms with E-state index in [0.29, 0.717) is 0 Å². The van der Waals surface area contributed by atoms with Gasteiger partial charge in [-0.2, -0.15) is 0 Å². The van der Waals surface area contributed by atoms with E-state index in [9.17, 15) is 9.59 Å². The molecule has 0 amide bonds. The molecule has 0 aromatic rings. The highest BCUT2D eigenvalue weighted by molar-refractivity contribution is 6.17. The largest absolute Gasteiger partial charge is 0.465 e. The summed E-state index contributed by atoms with van der Waals surface area (Å²) in [6.07, 6.45) is 0.788. The zero-order chi connectivity index (χ0) is 14.0. The Bertz CT molecular complexity index is 298. The van der Waals surface area contributed by atoms with Gasteiger partial charge >= 0.3 is 5.97 Å². The standard InChI is InChI=1S/C11H19NO6/c1-15-7-9(13)8(11(14)18-4)5-12-6-10(16-2)17-3/h5,10,12H,6-7H2,1-4H3. The Labute approximate surface area is 106 Å². The molecule has 0 aromatic carbocycles. The minimum atomic E-state index is -0.726. The summed E-state index contributed by atoms with van der Waals surface area (Å²) >= 11 is 0. The number of Topliss-reactive ketones (excluding diaryl/α,β-unsaturated/α-hetero) is 1. The molecule has 0 bridgehead atoms. The summed E-state index contributed by atoms with van der Waals surface area (Å²) in [7, 11) is 5.53. The lowest BCUT2D eigenvalue weighted by molar-refractivity contribution is -0.138. The van der Waals surface area contributed by atoms with Gasteiger partial charge in [-0.1, -0.05) is 0 Å². The summed E-state index contributed by atoms with van der Waals surface area (Å²) in [6.45, 7) is 0.0916. The highest BCUT2D eigenvalue weighted by Crippen LogP contribution is 1.99. The summed E-state index contributed by atoms with van der Waals surface area (Å²) in [5.41, 5.74) is -0.120. The Morgan fingerprint density at radius 1 is 1.17 bits per heavy atom. The van der Waals surface area contributed by atoms with Crippen molar-refractivity contribution < 1.29 is 28.5 Å². The lowest BCUT2D eigenvalue weighted by Crippen LogP contribution is -2.28. The van der Waals surface area contributed by atoms with Crippen molar-refractivity contribution >= 4 is 11.8 Å². The van der Waals surface area contributed by atoms with Gasteiger partial charge in [0, 0.05) is 27.5 Å². The fourth-order valence-electron chi connectivity index (χ4n) is 1.09. The average Bonchev–Trinajstić information content (AvgIpc) is 2.38. The molecule has 0 saturated heterocycles. The number of hydrogen-bond acceptors (Lipinski definition) is 7. The minimum absolute atomic E-state index is 0.120. The predicted octanol–water partition coefficient (Wildman–Crippen LogP) is -0.533. The van der Waals surface area contributed by atoms with Gasteiger partial charge in [-0.05, 0) is 0 Å². The summed E-state index contributed by atoms with van der Waals surface area (Å²) in [5, 5.41) is 2.75. The normalized spacial score (nSPS) is 11.5. The van der Waals surface area contributed by atoms with Crippen molar-refractivity contribution in [1.82, 2.24) is 5.32 Å². The second-order valence-corrected chi connectivity index (χ2v) is 3.21. The number of hydrogen-bond donors (Lipinski definition) is 1. The molecule has 18 heavy (non-hydrogen) atoms. The van der Waals surface area contributed by atoms with E-state index < -0.39 is 18.0 Å². The smallest absolute Gasteiger partial charge is 0.343 e. The molecule has 0 atom stereocenters. The van der Waals surface area contributed by atoms with Gasteiger partial charge in [0.1, 0.15) is 12.2 Å². The van der Waals surface area contributed by atoms with E-state index in [-0.39, 0.29) is 18.7 Å². The molecule has 0 spiro atoms. The third kappa shape index (κ3) is 5.76. The molecule has 104 valence electrons. The Balaban J connectivity index is 4.56. The Kier molecular flexibility index (Phi) is 8.81. The van der Waals surface area contributed by atoms with Crippen LogP contribution >= 0.6 is 0 Å². The maximum Gasteiger partial charge on any atom is 0.343 e. The van der Waals surface area contributed by atoms with Crippen LogP contribution in [0.2, 0.25) is 0 Å². The van der Waals surface area contributed by atoms with E-state index in [1.165, 1.54) is 34.6 Å². The second-order valence-electron chi connectivity index (χ2n) is 3.21. The first kappa shape index (κ1) is 16.6. The van der Waals surface area contributed by atoms with Gasteiger partial charge in [-0.25, -0.2) is 4.79 Å². The number of ether oxygens (including phenoxy) is 4. The molecular formula is C11H19NO6. The van der Waals surface area contributed by atoms with Crippen molar-refractivity contribution in [3.05, 3.63) is 11.8 Å². The van der Waals surface area contributed by atoms with Crippen LogP contribution in [0.5, 0.6) is 0 Å². The molecule has 0 heterocycles. The summed E-state index contributed by atoms with van der Waals surface area (Å²) in [5.74, 6) is -1.20. The first-order valence-electron chi connectivity index (χ1n) is 5.20. The molecule has 7 heteroatoms. The highest BCUT2D eigenvalue weighted by Gasteiger charge is 2.18. The molecule has 7 nitrogen and oxygen atoms in total. The fraction of sp³-hybridized carbons (Fsp3) is 0.636. The van der Waals surface area contributed by atoms with Crippen LogP contribution in [0, 0.1) is 0 Å². The van der Waals surface area contributed by atoms with Crippen molar-refractivity contribution in [3.63, 3.8) is 0 Å². The molecule has 0 aromatic heterocycles. The summed E-state index contributed by atoms with van der Waals surface area (Å²) < 4.78 is 19.1. The van der Waals surface area contributed by atoms with E-state index in [2.05, 4.69) is 14.8 Å². The van der Waals surface area contributed by atoms with Gasteiger partial charge in [0.25, 0.3) is 0 Å². The highest BCUT2D eigenvalue weighted by atomic mass is 16.7. The Morgan fingerprint density at radius 2 is 1.78 bits per heavy atom. The number of carbonyl (C=O) groups excluding carboxylic acids is 2. The van der Waals surface area contributed by atoms with Crippen LogP contribution in [0.25, 0.3) is 0 Å². The van der Waals surface area contributed by atoms with Crippen LogP contribution in [-0.4, -0.2) is 59.6 Å². The van der Waals surface area contributed by atoms with Crippen LogP contribution in [0.15, 0.2) is 11.8 Å². The number of esters is 1. The van der Waals surface area contributed by atoms with Crippen LogP contribution in [0.3, 0.4) is 0 Å². The van der Waals surface area contributed by atoms with Gasteiger partial charge in [-0.3, -0.25) is 4.79 Å². The van der Waals surface area contributed by atoms with Crippen molar-refractivity contribution in [2.45, 2.75) is 6.29 Å². The topological polar surface area (TPSA) is 83.1 Å². The molecule has 0 rings (SSSR count). The number of rotatable bonds is 9. The zero-order valence-corrected chi connectivity index (χ0v) is 11.0. The Hall–Kier alpha value is -1.44. The van der Waals surface area contributed by atoms with E-state index in [4.69, 9.17) is 9.47 Å². The number of methoxy groups -OCH3 is 4. The first-order chi connectivity index (χ1) is 8.60. The zero-order valence-electron chi connectivity index (χ0n) is 11.0. The molecular weight excluding hydrogens is 242 g/mol. The van der Waals surface area contributed by atoms with Gasteiger partial charge in [0.05, 0.1) is 13.7 Å². The number of carbonyl (C=O) groups is 2. The lowest BCUT2D eigenvalue weighted by Gasteiger charge is -2.13. The lowest BCUT2D eigenvalue weighted by atomic mass is 10.2. The third-order valence-corrected chi connectivity index (χ3v) is 2.04. The average molecular weight is 261 g/mol. The van der Waals surface area contributed by atoms with Crippen molar-refractivity contribution in [2.24, 2.45) is 0 Å². The third-order valence-electron chi connectivity index (χ3n) is 2.04. The van der Waals surface area contributed by atoms with Gasteiger partial charge < -0.3 is 24.3 Å². The molecule has 0 unspecified atom stereocenters. The monoisotopic (exact) mass is 261 g/mol. The maximum absolute atomic E-state index is 11.6. The van der Waals surface area contributed by atoms with Crippen molar-refractivity contribution in [3.8, 4) is 0 Å². The van der Waals surface area contributed by atoms with Crippen LogP contribution in [0.4, 0.5) is 0 Å². The Morgan fingerprint density at radius 3 is 2.22 bits per heavy atom. The van der Waals surface area contributed by atoms with E-state index in [0.717, 1.165) is 0 Å². The summed E-state index contributed by atoms with van der Waals surface area (Å²) in [4.78, 5) is 22.9.